The molecule has 1 saturated heterocycles. The fourth-order valence-electron chi connectivity index (χ4n) is 1.99. The molecule has 0 saturated carbocycles. The van der Waals surface area contributed by atoms with Crippen molar-refractivity contribution in [2.45, 2.75) is 20.3 Å². The van der Waals surface area contributed by atoms with E-state index in [9.17, 15) is 4.79 Å². The summed E-state index contributed by atoms with van der Waals surface area (Å²) in [5, 5.41) is 0.477. The number of hydrogen-bond donors (Lipinski definition) is 0. The van der Waals surface area contributed by atoms with Crippen molar-refractivity contribution in [3.63, 3.8) is 0 Å². The molecule has 2 heterocycles. The third kappa shape index (κ3) is 2.19. The van der Waals surface area contributed by atoms with E-state index < -0.39 is 0 Å². The Kier molecular flexibility index (Phi) is 2.89. The molecule has 86 valence electrons. The van der Waals surface area contributed by atoms with E-state index >= 15 is 0 Å². The van der Waals surface area contributed by atoms with Crippen LogP contribution in [-0.4, -0.2) is 28.9 Å². The van der Waals surface area contributed by atoms with Crippen LogP contribution < -0.4 is 0 Å². The van der Waals surface area contributed by atoms with E-state index in [2.05, 4.69) is 18.8 Å². The van der Waals surface area contributed by atoms with Crippen LogP contribution in [0.3, 0.4) is 0 Å². The number of aromatic nitrogens is 1. The van der Waals surface area contributed by atoms with Crippen LogP contribution in [-0.2, 0) is 0 Å². The Hall–Kier alpha value is -1.09. The summed E-state index contributed by atoms with van der Waals surface area (Å²) in [6.07, 6.45) is 4.17. The van der Waals surface area contributed by atoms with Gasteiger partial charge in [-0.25, -0.2) is 0 Å². The molecule has 1 aliphatic heterocycles. The van der Waals surface area contributed by atoms with Gasteiger partial charge in [-0.1, -0.05) is 25.4 Å². The third-order valence-electron chi connectivity index (χ3n) is 2.96. The van der Waals surface area contributed by atoms with Crippen molar-refractivity contribution in [1.82, 2.24) is 9.88 Å². The lowest BCUT2D eigenvalue weighted by atomic mass is 9.93. The lowest BCUT2D eigenvalue weighted by molar-refractivity contribution is 0.0778. The zero-order chi connectivity index (χ0) is 11.8. The Balaban J connectivity index is 2.18. The topological polar surface area (TPSA) is 33.2 Å². The number of carbonyl (C=O) groups is 1. The molecule has 1 aliphatic rings. The highest BCUT2D eigenvalue weighted by Crippen LogP contribution is 2.30. The maximum Gasteiger partial charge on any atom is 0.256 e. The van der Waals surface area contributed by atoms with Gasteiger partial charge in [-0.2, -0.15) is 0 Å². The van der Waals surface area contributed by atoms with Crippen molar-refractivity contribution in [2.24, 2.45) is 5.41 Å². The number of halogens is 1. The third-order valence-corrected chi connectivity index (χ3v) is 3.29. The highest BCUT2D eigenvalue weighted by atomic mass is 35.5. The first-order valence-electron chi connectivity index (χ1n) is 5.38. The van der Waals surface area contributed by atoms with Crippen LogP contribution in [0.5, 0.6) is 0 Å². The molecular formula is C12H15ClN2O. The lowest BCUT2D eigenvalue weighted by Gasteiger charge is -2.20. The molecule has 4 heteroatoms. The van der Waals surface area contributed by atoms with Crippen molar-refractivity contribution in [3.8, 4) is 0 Å². The van der Waals surface area contributed by atoms with Crippen molar-refractivity contribution < 1.29 is 4.79 Å². The van der Waals surface area contributed by atoms with Gasteiger partial charge in [0, 0.05) is 25.5 Å². The molecule has 2 rings (SSSR count). The van der Waals surface area contributed by atoms with Gasteiger partial charge in [0.15, 0.2) is 0 Å². The fourth-order valence-corrected chi connectivity index (χ4v) is 2.18. The first-order valence-corrected chi connectivity index (χ1v) is 5.76. The van der Waals surface area contributed by atoms with Gasteiger partial charge in [0.2, 0.25) is 0 Å². The first-order chi connectivity index (χ1) is 7.49. The van der Waals surface area contributed by atoms with E-state index in [4.69, 9.17) is 11.6 Å². The zero-order valence-corrected chi connectivity index (χ0v) is 10.3. The molecule has 16 heavy (non-hydrogen) atoms. The fraction of sp³-hybridized carbons (Fsp3) is 0.500. The van der Waals surface area contributed by atoms with Crippen molar-refractivity contribution in [3.05, 3.63) is 29.0 Å². The van der Waals surface area contributed by atoms with E-state index in [1.165, 1.54) is 6.20 Å². The SMILES string of the molecule is CC1(C)CCN(C(=O)c2cnccc2Cl)C1. The first kappa shape index (κ1) is 11.4. The standard InChI is InChI=1S/C12H15ClN2O/c1-12(2)4-6-15(8-12)11(16)9-7-14-5-3-10(9)13/h3,5,7H,4,6,8H2,1-2H3. The molecule has 0 N–H and O–H groups in total. The van der Waals surface area contributed by atoms with Crippen LogP contribution in [0.4, 0.5) is 0 Å². The Labute approximate surface area is 100 Å². The number of nitrogens with zero attached hydrogens (tertiary/aromatic N) is 2. The summed E-state index contributed by atoms with van der Waals surface area (Å²) in [5.74, 6) is -0.0105. The van der Waals surface area contributed by atoms with Gasteiger partial charge in [-0.15, -0.1) is 0 Å². The molecular weight excluding hydrogens is 224 g/mol. The minimum Gasteiger partial charge on any atom is -0.338 e. The molecule has 0 aliphatic carbocycles. The Morgan fingerprint density at radius 1 is 1.56 bits per heavy atom. The van der Waals surface area contributed by atoms with Gasteiger partial charge in [0.05, 0.1) is 10.6 Å². The molecule has 1 aromatic heterocycles. The highest BCUT2D eigenvalue weighted by Gasteiger charge is 2.32. The maximum atomic E-state index is 12.2. The van der Waals surface area contributed by atoms with Gasteiger partial charge in [0.25, 0.3) is 5.91 Å². The molecule has 0 atom stereocenters. The second-order valence-electron chi connectivity index (χ2n) is 5.00. The van der Waals surface area contributed by atoms with E-state index in [0.29, 0.717) is 10.6 Å². The van der Waals surface area contributed by atoms with Gasteiger partial charge in [-0.3, -0.25) is 9.78 Å². The summed E-state index contributed by atoms with van der Waals surface area (Å²) in [4.78, 5) is 17.9. The van der Waals surface area contributed by atoms with Crippen molar-refractivity contribution in [2.75, 3.05) is 13.1 Å². The number of carbonyl (C=O) groups excluding carboxylic acids is 1. The maximum absolute atomic E-state index is 12.2. The van der Waals surface area contributed by atoms with Gasteiger partial charge in [-0.05, 0) is 17.9 Å². The van der Waals surface area contributed by atoms with E-state index in [1.54, 1.807) is 12.3 Å². The van der Waals surface area contributed by atoms with Crippen LogP contribution in [0, 0.1) is 5.41 Å². The molecule has 3 nitrogen and oxygen atoms in total. The monoisotopic (exact) mass is 238 g/mol. The average Bonchev–Trinajstić information content (AvgIpc) is 2.59. The smallest absolute Gasteiger partial charge is 0.256 e. The van der Waals surface area contributed by atoms with Crippen LogP contribution in [0.25, 0.3) is 0 Å². The number of pyridine rings is 1. The second kappa shape index (κ2) is 4.06. The van der Waals surface area contributed by atoms with E-state index in [-0.39, 0.29) is 11.3 Å². The largest absolute Gasteiger partial charge is 0.338 e. The Bertz CT molecular complexity index is 417. The normalized spacial score (nSPS) is 18.8. The number of rotatable bonds is 1. The molecule has 0 radical (unpaired) electrons. The minimum absolute atomic E-state index is 0.0105. The van der Waals surface area contributed by atoms with Crippen LogP contribution in [0.2, 0.25) is 5.02 Å². The lowest BCUT2D eigenvalue weighted by Crippen LogP contribution is -2.30. The predicted molar refractivity (Wildman–Crippen MR) is 63.5 cm³/mol. The average molecular weight is 239 g/mol. The van der Waals surface area contributed by atoms with Gasteiger partial charge < -0.3 is 4.90 Å². The van der Waals surface area contributed by atoms with E-state index in [0.717, 1.165) is 19.5 Å². The number of likely N-dealkylation sites (tertiary alicyclic amines) is 1. The molecule has 1 aromatic rings. The minimum atomic E-state index is -0.0105. The van der Waals surface area contributed by atoms with Gasteiger partial charge in [0.1, 0.15) is 0 Å². The van der Waals surface area contributed by atoms with Crippen LogP contribution in [0.1, 0.15) is 30.6 Å². The second-order valence-corrected chi connectivity index (χ2v) is 5.40. The molecule has 0 spiro atoms. The number of amides is 1. The summed E-state index contributed by atoms with van der Waals surface area (Å²) in [6.45, 7) is 5.93. The summed E-state index contributed by atoms with van der Waals surface area (Å²) in [7, 11) is 0. The molecule has 0 unspecified atom stereocenters. The van der Waals surface area contributed by atoms with E-state index in [1.807, 2.05) is 4.90 Å². The van der Waals surface area contributed by atoms with Crippen molar-refractivity contribution in [1.29, 1.82) is 0 Å². The summed E-state index contributed by atoms with van der Waals surface area (Å²) < 4.78 is 0. The summed E-state index contributed by atoms with van der Waals surface area (Å²) in [6, 6.07) is 1.65. The Morgan fingerprint density at radius 3 is 2.88 bits per heavy atom. The summed E-state index contributed by atoms with van der Waals surface area (Å²) >= 11 is 5.98. The number of hydrogen-bond acceptors (Lipinski definition) is 2. The quantitative estimate of drug-likeness (QED) is 0.754. The molecule has 1 fully saturated rings. The van der Waals surface area contributed by atoms with Gasteiger partial charge >= 0.3 is 0 Å². The Morgan fingerprint density at radius 2 is 2.31 bits per heavy atom. The molecule has 1 amide bonds. The van der Waals surface area contributed by atoms with Crippen LogP contribution in [0.15, 0.2) is 18.5 Å². The molecule has 0 bridgehead atoms. The van der Waals surface area contributed by atoms with Crippen molar-refractivity contribution >= 4 is 17.5 Å². The summed E-state index contributed by atoms with van der Waals surface area (Å²) in [5.41, 5.74) is 0.714. The predicted octanol–water partition coefficient (Wildman–Crippen LogP) is 2.61. The van der Waals surface area contributed by atoms with Crippen LogP contribution >= 0.6 is 11.6 Å². The molecule has 0 aromatic carbocycles. The zero-order valence-electron chi connectivity index (χ0n) is 9.53. The highest BCUT2D eigenvalue weighted by molar-refractivity contribution is 6.33.